The number of ether oxygens (including phenoxy) is 2. The second kappa shape index (κ2) is 3.93. The van der Waals surface area contributed by atoms with Gasteiger partial charge in [-0.15, -0.1) is 0 Å². The van der Waals surface area contributed by atoms with E-state index < -0.39 is 5.60 Å². The van der Waals surface area contributed by atoms with Crippen molar-refractivity contribution < 1.29 is 14.6 Å². The summed E-state index contributed by atoms with van der Waals surface area (Å²) in [6.45, 7) is 1.95. The van der Waals surface area contributed by atoms with Gasteiger partial charge < -0.3 is 14.6 Å². The zero-order chi connectivity index (χ0) is 11.9. The molecular weight excluding hydrogens is 272 g/mol. The number of hydrogen-bond donors (Lipinski definition) is 1. The van der Waals surface area contributed by atoms with E-state index in [1.54, 1.807) is 14.2 Å². The van der Waals surface area contributed by atoms with Crippen LogP contribution in [0.3, 0.4) is 0 Å². The Labute approximate surface area is 104 Å². The molecule has 88 valence electrons. The lowest BCUT2D eigenvalue weighted by molar-refractivity contribution is 0.147. The van der Waals surface area contributed by atoms with Gasteiger partial charge in [0.1, 0.15) is 11.5 Å². The van der Waals surface area contributed by atoms with Crippen LogP contribution in [0, 0.1) is 6.92 Å². The molecule has 1 aliphatic carbocycles. The summed E-state index contributed by atoms with van der Waals surface area (Å²) in [5.41, 5.74) is 1.06. The van der Waals surface area contributed by atoms with E-state index >= 15 is 0 Å². The molecule has 0 saturated heterocycles. The Morgan fingerprint density at radius 3 is 2.38 bits per heavy atom. The molecule has 0 spiro atoms. The molecule has 0 unspecified atom stereocenters. The lowest BCUT2D eigenvalue weighted by Gasteiger charge is -2.18. The minimum atomic E-state index is -0.727. The number of halogens is 1. The van der Waals surface area contributed by atoms with Crippen LogP contribution in [0.4, 0.5) is 0 Å². The summed E-state index contributed by atoms with van der Waals surface area (Å²) in [5.74, 6) is 1.47. The lowest BCUT2D eigenvalue weighted by atomic mass is 10.0. The van der Waals surface area contributed by atoms with Gasteiger partial charge in [0.05, 0.1) is 24.3 Å². The number of methoxy groups -OCH3 is 2. The van der Waals surface area contributed by atoms with Gasteiger partial charge in [-0.3, -0.25) is 0 Å². The third-order valence-corrected chi connectivity index (χ3v) is 4.02. The first kappa shape index (κ1) is 11.7. The van der Waals surface area contributed by atoms with E-state index in [1.807, 2.05) is 13.0 Å². The van der Waals surface area contributed by atoms with Gasteiger partial charge in [0, 0.05) is 11.1 Å². The molecular formula is C12H15BrO3. The van der Waals surface area contributed by atoms with Gasteiger partial charge in [-0.2, -0.15) is 0 Å². The Kier molecular flexibility index (Phi) is 2.88. The van der Waals surface area contributed by atoms with Crippen molar-refractivity contribution in [3.05, 3.63) is 21.7 Å². The predicted octanol–water partition coefficient (Wildman–Crippen LogP) is 2.76. The molecule has 2 rings (SSSR count). The fourth-order valence-electron chi connectivity index (χ4n) is 1.85. The zero-order valence-electron chi connectivity index (χ0n) is 9.63. The molecule has 0 heterocycles. The first-order valence-electron chi connectivity index (χ1n) is 5.17. The summed E-state index contributed by atoms with van der Waals surface area (Å²) in [5, 5.41) is 10.2. The van der Waals surface area contributed by atoms with Crippen LogP contribution < -0.4 is 9.47 Å². The van der Waals surface area contributed by atoms with Crippen LogP contribution in [-0.2, 0) is 5.60 Å². The van der Waals surface area contributed by atoms with Gasteiger partial charge in [-0.25, -0.2) is 0 Å². The first-order valence-corrected chi connectivity index (χ1v) is 5.96. The maximum absolute atomic E-state index is 10.2. The predicted molar refractivity (Wildman–Crippen MR) is 65.1 cm³/mol. The molecule has 0 radical (unpaired) electrons. The summed E-state index contributed by atoms with van der Waals surface area (Å²) >= 11 is 3.49. The highest BCUT2D eigenvalue weighted by atomic mass is 79.9. The Balaban J connectivity index is 2.62. The third-order valence-electron chi connectivity index (χ3n) is 3.07. The first-order chi connectivity index (χ1) is 7.53. The normalized spacial score (nSPS) is 17.1. The summed E-state index contributed by atoms with van der Waals surface area (Å²) in [6.07, 6.45) is 1.56. The molecule has 4 heteroatoms. The van der Waals surface area contributed by atoms with Crippen LogP contribution in [0.15, 0.2) is 10.5 Å². The summed E-state index contributed by atoms with van der Waals surface area (Å²) in [4.78, 5) is 0. The summed E-state index contributed by atoms with van der Waals surface area (Å²) in [6, 6.07) is 1.87. The molecule has 0 atom stereocenters. The van der Waals surface area contributed by atoms with Gasteiger partial charge in [0.15, 0.2) is 0 Å². The van der Waals surface area contributed by atoms with Crippen LogP contribution in [-0.4, -0.2) is 19.3 Å². The van der Waals surface area contributed by atoms with E-state index in [4.69, 9.17) is 9.47 Å². The molecule has 1 saturated carbocycles. The van der Waals surface area contributed by atoms with Crippen LogP contribution in [0.5, 0.6) is 11.5 Å². The monoisotopic (exact) mass is 286 g/mol. The van der Waals surface area contributed by atoms with Crippen molar-refractivity contribution in [1.29, 1.82) is 0 Å². The van der Waals surface area contributed by atoms with Crippen LogP contribution in [0.1, 0.15) is 24.0 Å². The van der Waals surface area contributed by atoms with Gasteiger partial charge in [-0.1, -0.05) is 0 Å². The van der Waals surface area contributed by atoms with E-state index in [1.165, 1.54) is 0 Å². The van der Waals surface area contributed by atoms with Gasteiger partial charge in [0.2, 0.25) is 0 Å². The second-order valence-electron chi connectivity index (χ2n) is 4.13. The summed E-state index contributed by atoms with van der Waals surface area (Å²) < 4.78 is 11.5. The van der Waals surface area contributed by atoms with Gasteiger partial charge in [-0.05, 0) is 41.8 Å². The number of benzene rings is 1. The number of hydrogen-bond acceptors (Lipinski definition) is 3. The van der Waals surface area contributed by atoms with Gasteiger partial charge >= 0.3 is 0 Å². The van der Waals surface area contributed by atoms with Crippen molar-refractivity contribution in [3.63, 3.8) is 0 Å². The lowest BCUT2D eigenvalue weighted by Crippen LogP contribution is -2.08. The molecule has 3 nitrogen and oxygen atoms in total. The van der Waals surface area contributed by atoms with E-state index in [-0.39, 0.29) is 0 Å². The third kappa shape index (κ3) is 1.70. The molecule has 1 aromatic carbocycles. The molecule has 0 aromatic heterocycles. The molecule has 0 amide bonds. The molecule has 1 fully saturated rings. The van der Waals surface area contributed by atoms with Gasteiger partial charge in [0.25, 0.3) is 0 Å². The highest BCUT2D eigenvalue weighted by Crippen LogP contribution is 2.52. The number of aliphatic hydroxyl groups is 1. The van der Waals surface area contributed by atoms with E-state index in [0.29, 0.717) is 5.75 Å². The Morgan fingerprint density at radius 1 is 1.31 bits per heavy atom. The van der Waals surface area contributed by atoms with Crippen molar-refractivity contribution in [1.82, 2.24) is 0 Å². The molecule has 0 bridgehead atoms. The van der Waals surface area contributed by atoms with Crippen molar-refractivity contribution in [2.24, 2.45) is 0 Å². The Bertz CT molecular complexity index is 425. The minimum absolute atomic E-state index is 0.707. The molecule has 1 aliphatic rings. The minimum Gasteiger partial charge on any atom is -0.496 e. The van der Waals surface area contributed by atoms with Crippen molar-refractivity contribution >= 4 is 15.9 Å². The number of rotatable bonds is 3. The molecule has 1 aromatic rings. The molecule has 16 heavy (non-hydrogen) atoms. The fraction of sp³-hybridized carbons (Fsp3) is 0.500. The maximum Gasteiger partial charge on any atom is 0.139 e. The van der Waals surface area contributed by atoms with Crippen LogP contribution in [0.2, 0.25) is 0 Å². The average molecular weight is 287 g/mol. The quantitative estimate of drug-likeness (QED) is 0.929. The SMILES string of the molecule is COc1cc(C2(O)CC2)c(OC)c(Br)c1C. The smallest absolute Gasteiger partial charge is 0.139 e. The second-order valence-corrected chi connectivity index (χ2v) is 4.92. The standard InChI is InChI=1S/C12H15BrO3/c1-7-9(15-2)6-8(12(14)4-5-12)11(16-3)10(7)13/h6,14H,4-5H2,1-3H3. The van der Waals surface area contributed by atoms with Crippen LogP contribution in [0.25, 0.3) is 0 Å². The average Bonchev–Trinajstić information content (AvgIpc) is 3.01. The van der Waals surface area contributed by atoms with E-state index in [2.05, 4.69) is 15.9 Å². The van der Waals surface area contributed by atoms with E-state index in [0.717, 1.165) is 34.2 Å². The highest BCUT2D eigenvalue weighted by molar-refractivity contribution is 9.10. The van der Waals surface area contributed by atoms with Crippen LogP contribution >= 0.6 is 15.9 Å². The van der Waals surface area contributed by atoms with Crippen molar-refractivity contribution in [3.8, 4) is 11.5 Å². The van der Waals surface area contributed by atoms with Crippen molar-refractivity contribution in [2.45, 2.75) is 25.4 Å². The molecule has 0 aliphatic heterocycles. The topological polar surface area (TPSA) is 38.7 Å². The van der Waals surface area contributed by atoms with Crippen molar-refractivity contribution in [2.75, 3.05) is 14.2 Å². The Hall–Kier alpha value is -0.740. The highest BCUT2D eigenvalue weighted by Gasteiger charge is 2.45. The largest absolute Gasteiger partial charge is 0.496 e. The zero-order valence-corrected chi connectivity index (χ0v) is 11.2. The van der Waals surface area contributed by atoms with E-state index in [9.17, 15) is 5.11 Å². The maximum atomic E-state index is 10.2. The molecule has 1 N–H and O–H groups in total. The summed E-state index contributed by atoms with van der Waals surface area (Å²) in [7, 11) is 3.24. The fourth-order valence-corrected chi connectivity index (χ4v) is 2.42. The Morgan fingerprint density at radius 2 is 1.94 bits per heavy atom.